The Hall–Kier alpha value is -1.28. The van der Waals surface area contributed by atoms with Crippen LogP contribution in [-0.4, -0.2) is 10.6 Å². The predicted octanol–water partition coefficient (Wildman–Crippen LogP) is 2.30. The first kappa shape index (κ1) is 9.28. The average Bonchev–Trinajstić information content (AvgIpc) is 2.47. The smallest absolute Gasteiger partial charge is 0.0483 e. The molecule has 1 unspecified atom stereocenters. The molecule has 0 saturated heterocycles. The largest absolute Gasteiger partial charge is 0.346 e. The van der Waals surface area contributed by atoms with Crippen LogP contribution in [0.5, 0.6) is 0 Å². The Morgan fingerprint density at radius 2 is 2.14 bits per heavy atom. The molecule has 74 valence electrons. The summed E-state index contributed by atoms with van der Waals surface area (Å²) >= 11 is 0. The maximum Gasteiger partial charge on any atom is 0.0483 e. The molecule has 0 spiro atoms. The van der Waals surface area contributed by atoms with E-state index >= 15 is 0 Å². The first-order valence-electron chi connectivity index (χ1n) is 4.98. The fraction of sp³-hybridized carbons (Fsp3) is 0.333. The molecule has 0 aliphatic carbocycles. The topological polar surface area (TPSA) is 30.9 Å². The van der Waals surface area contributed by atoms with E-state index in [0.717, 1.165) is 6.54 Å². The Balaban J connectivity index is 2.50. The number of nitrogens with two attached hydrogens (primary N) is 1. The van der Waals surface area contributed by atoms with Gasteiger partial charge in [-0.15, -0.1) is 0 Å². The molecule has 0 saturated carbocycles. The lowest BCUT2D eigenvalue weighted by Gasteiger charge is -2.08. The van der Waals surface area contributed by atoms with Crippen molar-refractivity contribution in [1.82, 2.24) is 4.57 Å². The highest BCUT2D eigenvalue weighted by Gasteiger charge is 2.02. The van der Waals surface area contributed by atoms with E-state index in [9.17, 15) is 0 Å². The number of nitrogens with zero attached hydrogens (tertiary/aromatic N) is 1. The van der Waals surface area contributed by atoms with Crippen LogP contribution in [0.4, 0.5) is 0 Å². The highest BCUT2D eigenvalue weighted by molar-refractivity contribution is 5.80. The van der Waals surface area contributed by atoms with Crippen LogP contribution in [0.1, 0.15) is 12.5 Å². The van der Waals surface area contributed by atoms with Gasteiger partial charge in [0.05, 0.1) is 0 Å². The number of rotatable bonds is 2. The van der Waals surface area contributed by atoms with Gasteiger partial charge in [0.2, 0.25) is 0 Å². The zero-order valence-electron chi connectivity index (χ0n) is 8.70. The van der Waals surface area contributed by atoms with Crippen LogP contribution in [0.25, 0.3) is 10.9 Å². The molecule has 2 rings (SSSR count). The van der Waals surface area contributed by atoms with Crippen molar-refractivity contribution >= 4 is 10.9 Å². The van der Waals surface area contributed by atoms with Gasteiger partial charge in [-0.25, -0.2) is 0 Å². The van der Waals surface area contributed by atoms with Gasteiger partial charge < -0.3 is 10.3 Å². The number of aryl methyl sites for hydroxylation is 1. The summed E-state index contributed by atoms with van der Waals surface area (Å²) in [6, 6.07) is 8.83. The first-order chi connectivity index (χ1) is 6.66. The average molecular weight is 188 g/mol. The van der Waals surface area contributed by atoms with Gasteiger partial charge in [0, 0.05) is 24.3 Å². The Kier molecular flexibility index (Phi) is 2.30. The van der Waals surface area contributed by atoms with Crippen LogP contribution in [0.3, 0.4) is 0 Å². The summed E-state index contributed by atoms with van der Waals surface area (Å²) in [5, 5.41) is 1.29. The fourth-order valence-electron chi connectivity index (χ4n) is 1.76. The summed E-state index contributed by atoms with van der Waals surface area (Å²) in [4.78, 5) is 0. The quantitative estimate of drug-likeness (QED) is 0.770. The zero-order valence-corrected chi connectivity index (χ0v) is 8.70. The minimum atomic E-state index is 0.200. The Bertz CT molecular complexity index is 441. The Morgan fingerprint density at radius 1 is 1.36 bits per heavy atom. The summed E-state index contributed by atoms with van der Waals surface area (Å²) in [7, 11) is 0. The second-order valence-electron chi connectivity index (χ2n) is 4.01. The number of aromatic nitrogens is 1. The van der Waals surface area contributed by atoms with Crippen LogP contribution in [0.2, 0.25) is 0 Å². The van der Waals surface area contributed by atoms with Gasteiger partial charge in [-0.1, -0.05) is 12.1 Å². The third-order valence-corrected chi connectivity index (χ3v) is 2.41. The lowest BCUT2D eigenvalue weighted by molar-refractivity contribution is 0.605. The fourth-order valence-corrected chi connectivity index (χ4v) is 1.76. The van der Waals surface area contributed by atoms with Crippen molar-refractivity contribution in [1.29, 1.82) is 0 Å². The molecule has 14 heavy (non-hydrogen) atoms. The first-order valence-corrected chi connectivity index (χ1v) is 4.98. The highest BCUT2D eigenvalue weighted by atomic mass is 15.0. The van der Waals surface area contributed by atoms with Crippen molar-refractivity contribution < 1.29 is 0 Å². The van der Waals surface area contributed by atoms with E-state index in [2.05, 4.69) is 42.0 Å². The Morgan fingerprint density at radius 3 is 2.86 bits per heavy atom. The van der Waals surface area contributed by atoms with Gasteiger partial charge in [0.25, 0.3) is 0 Å². The summed E-state index contributed by atoms with van der Waals surface area (Å²) in [5.41, 5.74) is 8.37. The summed E-state index contributed by atoms with van der Waals surface area (Å²) < 4.78 is 2.22. The van der Waals surface area contributed by atoms with E-state index in [-0.39, 0.29) is 6.04 Å². The minimum absolute atomic E-state index is 0.200. The standard InChI is InChI=1S/C12H16N2/c1-9-3-4-11-5-6-14(8-10(2)13)12(11)7-9/h3-7,10H,8,13H2,1-2H3. The Labute approximate surface area is 84.3 Å². The number of hydrogen-bond donors (Lipinski definition) is 1. The van der Waals surface area contributed by atoms with E-state index in [0.29, 0.717) is 0 Å². The molecule has 2 aromatic rings. The molecule has 1 aromatic heterocycles. The lowest BCUT2D eigenvalue weighted by atomic mass is 10.2. The van der Waals surface area contributed by atoms with Crippen molar-refractivity contribution in [3.05, 3.63) is 36.0 Å². The van der Waals surface area contributed by atoms with Crippen LogP contribution in [-0.2, 0) is 6.54 Å². The van der Waals surface area contributed by atoms with Crippen molar-refractivity contribution in [2.24, 2.45) is 5.73 Å². The van der Waals surface area contributed by atoms with E-state index in [1.807, 2.05) is 6.92 Å². The van der Waals surface area contributed by atoms with Crippen molar-refractivity contribution in [2.75, 3.05) is 0 Å². The summed E-state index contributed by atoms with van der Waals surface area (Å²) in [6.45, 7) is 5.03. The van der Waals surface area contributed by atoms with Crippen molar-refractivity contribution in [2.45, 2.75) is 26.4 Å². The van der Waals surface area contributed by atoms with Gasteiger partial charge in [-0.05, 0) is 36.9 Å². The predicted molar refractivity (Wildman–Crippen MR) is 60.3 cm³/mol. The highest BCUT2D eigenvalue weighted by Crippen LogP contribution is 2.17. The third-order valence-electron chi connectivity index (χ3n) is 2.41. The van der Waals surface area contributed by atoms with Gasteiger partial charge >= 0.3 is 0 Å². The molecule has 2 nitrogen and oxygen atoms in total. The molecule has 0 fully saturated rings. The number of benzene rings is 1. The molecule has 0 bridgehead atoms. The molecule has 2 N–H and O–H groups in total. The summed E-state index contributed by atoms with van der Waals surface area (Å²) in [5.74, 6) is 0. The molecular weight excluding hydrogens is 172 g/mol. The molecule has 0 amide bonds. The molecular formula is C12H16N2. The second kappa shape index (κ2) is 3.46. The molecule has 0 aliphatic heterocycles. The number of fused-ring (bicyclic) bond motifs is 1. The van der Waals surface area contributed by atoms with Crippen LogP contribution < -0.4 is 5.73 Å². The van der Waals surface area contributed by atoms with Crippen LogP contribution in [0, 0.1) is 6.92 Å². The maximum atomic E-state index is 5.79. The monoisotopic (exact) mass is 188 g/mol. The minimum Gasteiger partial charge on any atom is -0.346 e. The molecule has 1 atom stereocenters. The lowest BCUT2D eigenvalue weighted by Crippen LogP contribution is -2.21. The van der Waals surface area contributed by atoms with E-state index in [1.54, 1.807) is 0 Å². The molecule has 0 radical (unpaired) electrons. The van der Waals surface area contributed by atoms with Crippen LogP contribution in [0.15, 0.2) is 30.5 Å². The maximum absolute atomic E-state index is 5.79. The van der Waals surface area contributed by atoms with E-state index < -0.39 is 0 Å². The third kappa shape index (κ3) is 1.66. The molecule has 1 heterocycles. The van der Waals surface area contributed by atoms with Gasteiger partial charge in [0.15, 0.2) is 0 Å². The second-order valence-corrected chi connectivity index (χ2v) is 4.01. The van der Waals surface area contributed by atoms with E-state index in [1.165, 1.54) is 16.5 Å². The van der Waals surface area contributed by atoms with E-state index in [4.69, 9.17) is 5.73 Å². The van der Waals surface area contributed by atoms with Crippen LogP contribution >= 0.6 is 0 Å². The SMILES string of the molecule is Cc1ccc2ccn(CC(C)N)c2c1. The van der Waals surface area contributed by atoms with Gasteiger partial charge in [-0.2, -0.15) is 0 Å². The van der Waals surface area contributed by atoms with Crippen molar-refractivity contribution in [3.63, 3.8) is 0 Å². The zero-order chi connectivity index (χ0) is 10.1. The van der Waals surface area contributed by atoms with Crippen molar-refractivity contribution in [3.8, 4) is 0 Å². The molecule has 2 heteroatoms. The summed E-state index contributed by atoms with van der Waals surface area (Å²) in [6.07, 6.45) is 2.10. The molecule has 0 aliphatic rings. The normalized spacial score (nSPS) is 13.4. The molecule has 1 aromatic carbocycles. The number of hydrogen-bond acceptors (Lipinski definition) is 1. The van der Waals surface area contributed by atoms with Gasteiger partial charge in [-0.3, -0.25) is 0 Å². The van der Waals surface area contributed by atoms with Gasteiger partial charge in [0.1, 0.15) is 0 Å².